The van der Waals surface area contributed by atoms with Gasteiger partial charge in [0.05, 0.1) is 14.2 Å². The van der Waals surface area contributed by atoms with E-state index in [0.29, 0.717) is 0 Å². The first kappa shape index (κ1) is 10.3. The van der Waals surface area contributed by atoms with Crippen molar-refractivity contribution in [3.63, 3.8) is 0 Å². The summed E-state index contributed by atoms with van der Waals surface area (Å²) in [6.07, 6.45) is -0.657. The van der Waals surface area contributed by atoms with E-state index in [1.54, 1.807) is 0 Å². The summed E-state index contributed by atoms with van der Waals surface area (Å²) < 4.78 is 8.08. The van der Waals surface area contributed by atoms with Crippen LogP contribution in [0.4, 0.5) is 4.79 Å². The molecule has 0 unspecified atom stereocenters. The van der Waals surface area contributed by atoms with E-state index in [1.807, 2.05) is 0 Å². The number of hydrogen-bond donors (Lipinski definition) is 1. The molecule has 0 heterocycles. The Morgan fingerprint density at radius 1 is 1.25 bits per heavy atom. The van der Waals surface area contributed by atoms with Crippen LogP contribution in [0.2, 0.25) is 0 Å². The van der Waals surface area contributed by atoms with Crippen LogP contribution in [0, 0.1) is 0 Å². The van der Waals surface area contributed by atoms with Crippen LogP contribution in [0.25, 0.3) is 0 Å². The highest BCUT2D eigenvalue weighted by Crippen LogP contribution is 1.72. The molecule has 4 heteroatoms. The van der Waals surface area contributed by atoms with Crippen molar-refractivity contribution in [1.82, 2.24) is 0 Å². The molecule has 0 spiro atoms. The third kappa shape index (κ3) is 8.97. The van der Waals surface area contributed by atoms with Crippen molar-refractivity contribution in [2.24, 2.45) is 0 Å². The molecule has 0 aliphatic rings. The first-order valence-electron chi connectivity index (χ1n) is 1.88. The van der Waals surface area contributed by atoms with Crippen molar-refractivity contribution < 1.29 is 19.4 Å². The fraction of sp³-hybridized carbons (Fsp3) is 0.750. The second-order valence-electron chi connectivity index (χ2n) is 0.658. The van der Waals surface area contributed by atoms with Crippen LogP contribution in [-0.4, -0.2) is 32.6 Å². The zero-order chi connectivity index (χ0) is 6.99. The number of ether oxygens (including phenoxy) is 2. The van der Waals surface area contributed by atoms with Gasteiger partial charge in [0.15, 0.2) is 0 Å². The van der Waals surface area contributed by atoms with Gasteiger partial charge in [-0.25, -0.2) is 4.79 Å². The summed E-state index contributed by atoms with van der Waals surface area (Å²) in [5.41, 5.74) is 0. The summed E-state index contributed by atoms with van der Waals surface area (Å²) in [7, 11) is 3.51. The number of aliphatic hydroxyl groups excluding tert-OH is 1. The molecule has 0 aliphatic heterocycles. The molecule has 0 aliphatic carbocycles. The summed E-state index contributed by atoms with van der Waals surface area (Å²) in [5, 5.41) is 7.00. The van der Waals surface area contributed by atoms with Crippen molar-refractivity contribution in [2.45, 2.75) is 0 Å². The standard InChI is InChI=1S/C3H6O3.CH4O/c1-5-3(4)6-2;1-2/h1-2H3;2H,1H3. The van der Waals surface area contributed by atoms with Gasteiger partial charge in [0.1, 0.15) is 0 Å². The molecule has 0 bridgehead atoms. The summed E-state index contributed by atoms with van der Waals surface area (Å²) in [6, 6.07) is 0. The second kappa shape index (κ2) is 9.52. The molecule has 0 saturated carbocycles. The molecule has 4 nitrogen and oxygen atoms in total. The van der Waals surface area contributed by atoms with E-state index in [0.717, 1.165) is 7.11 Å². The molecule has 0 amide bonds. The summed E-state index contributed by atoms with van der Waals surface area (Å²) in [4.78, 5) is 9.74. The van der Waals surface area contributed by atoms with Crippen LogP contribution in [0.3, 0.4) is 0 Å². The summed E-state index contributed by atoms with van der Waals surface area (Å²) in [5.74, 6) is 0. The molecule has 0 aromatic heterocycles. The SMILES string of the molecule is CO.COC(=O)OC. The van der Waals surface area contributed by atoms with Gasteiger partial charge < -0.3 is 14.6 Å². The number of carbonyl (C=O) groups is 1. The molecule has 0 aromatic carbocycles. The number of rotatable bonds is 0. The smallest absolute Gasteiger partial charge is 0.438 e. The fourth-order valence-corrected chi connectivity index (χ4v) is 0.0833. The highest BCUT2D eigenvalue weighted by Gasteiger charge is 1.88. The Labute approximate surface area is 48.0 Å². The zero-order valence-electron chi connectivity index (χ0n) is 5.17. The predicted octanol–water partition coefficient (Wildman–Crippen LogP) is 0.00770. The largest absolute Gasteiger partial charge is 0.507 e. The monoisotopic (exact) mass is 122 g/mol. The molecule has 0 fully saturated rings. The second-order valence-corrected chi connectivity index (χ2v) is 0.658. The van der Waals surface area contributed by atoms with Crippen LogP contribution in [0.1, 0.15) is 0 Å². The average molecular weight is 122 g/mol. The van der Waals surface area contributed by atoms with Crippen LogP contribution in [-0.2, 0) is 9.47 Å². The lowest BCUT2D eigenvalue weighted by molar-refractivity contribution is 0.0924. The average Bonchev–Trinajstić information content (AvgIpc) is 1.91. The molecule has 1 N–H and O–H groups in total. The Morgan fingerprint density at radius 3 is 1.50 bits per heavy atom. The molecular weight excluding hydrogens is 112 g/mol. The molecule has 0 rings (SSSR count). The Morgan fingerprint density at radius 2 is 1.50 bits per heavy atom. The minimum Gasteiger partial charge on any atom is -0.438 e. The van der Waals surface area contributed by atoms with Crippen molar-refractivity contribution in [1.29, 1.82) is 0 Å². The number of carbonyl (C=O) groups excluding carboxylic acids is 1. The normalized spacial score (nSPS) is 6.00. The predicted molar refractivity (Wildman–Crippen MR) is 27.6 cm³/mol. The number of hydrogen-bond acceptors (Lipinski definition) is 4. The van der Waals surface area contributed by atoms with Crippen LogP contribution < -0.4 is 0 Å². The molecule has 0 radical (unpaired) electrons. The maximum absolute atomic E-state index is 9.74. The maximum Gasteiger partial charge on any atom is 0.507 e. The third-order valence-corrected chi connectivity index (χ3v) is 0.333. The third-order valence-electron chi connectivity index (χ3n) is 0.333. The van der Waals surface area contributed by atoms with E-state index in [4.69, 9.17) is 5.11 Å². The Bertz CT molecular complexity index is 46.0. The molecule has 0 aromatic rings. The van der Waals surface area contributed by atoms with Gasteiger partial charge in [-0.2, -0.15) is 0 Å². The van der Waals surface area contributed by atoms with Gasteiger partial charge >= 0.3 is 6.16 Å². The van der Waals surface area contributed by atoms with E-state index in [1.165, 1.54) is 14.2 Å². The van der Waals surface area contributed by atoms with Crippen LogP contribution in [0.5, 0.6) is 0 Å². The van der Waals surface area contributed by atoms with E-state index < -0.39 is 6.16 Å². The Hall–Kier alpha value is -0.770. The van der Waals surface area contributed by atoms with Gasteiger partial charge in [0.25, 0.3) is 0 Å². The minimum absolute atomic E-state index is 0.657. The van der Waals surface area contributed by atoms with Gasteiger partial charge in [-0.3, -0.25) is 0 Å². The maximum atomic E-state index is 9.74. The minimum atomic E-state index is -0.657. The van der Waals surface area contributed by atoms with E-state index in [-0.39, 0.29) is 0 Å². The van der Waals surface area contributed by atoms with Gasteiger partial charge in [-0.1, -0.05) is 0 Å². The first-order chi connectivity index (χ1) is 3.81. The molecular formula is C4H10O4. The quantitative estimate of drug-likeness (QED) is 0.460. The van der Waals surface area contributed by atoms with E-state index in [9.17, 15) is 4.79 Å². The van der Waals surface area contributed by atoms with Gasteiger partial charge in [0, 0.05) is 7.11 Å². The molecule has 0 saturated heterocycles. The number of methoxy groups -OCH3 is 2. The van der Waals surface area contributed by atoms with Crippen LogP contribution >= 0.6 is 0 Å². The molecule has 8 heavy (non-hydrogen) atoms. The van der Waals surface area contributed by atoms with Crippen molar-refractivity contribution in [3.8, 4) is 0 Å². The lowest BCUT2D eigenvalue weighted by Crippen LogP contribution is -1.97. The lowest BCUT2D eigenvalue weighted by atomic mass is 11.3. The zero-order valence-corrected chi connectivity index (χ0v) is 5.17. The van der Waals surface area contributed by atoms with E-state index in [2.05, 4.69) is 9.47 Å². The van der Waals surface area contributed by atoms with Crippen molar-refractivity contribution in [2.75, 3.05) is 21.3 Å². The number of aliphatic hydroxyl groups is 1. The molecule has 0 atom stereocenters. The van der Waals surface area contributed by atoms with Gasteiger partial charge in [0.2, 0.25) is 0 Å². The van der Waals surface area contributed by atoms with Gasteiger partial charge in [-0.15, -0.1) is 0 Å². The van der Waals surface area contributed by atoms with Crippen molar-refractivity contribution in [3.05, 3.63) is 0 Å². The van der Waals surface area contributed by atoms with Crippen LogP contribution in [0.15, 0.2) is 0 Å². The first-order valence-corrected chi connectivity index (χ1v) is 1.88. The lowest BCUT2D eigenvalue weighted by Gasteiger charge is -1.89. The Kier molecular flexibility index (Phi) is 12.2. The highest BCUT2D eigenvalue weighted by atomic mass is 16.7. The van der Waals surface area contributed by atoms with Crippen molar-refractivity contribution >= 4 is 6.16 Å². The fourth-order valence-electron chi connectivity index (χ4n) is 0.0833. The molecule has 50 valence electrons. The topological polar surface area (TPSA) is 55.8 Å². The summed E-state index contributed by atoms with van der Waals surface area (Å²) in [6.45, 7) is 0. The Balaban J connectivity index is 0. The highest BCUT2D eigenvalue weighted by molar-refractivity contribution is 5.59. The summed E-state index contributed by atoms with van der Waals surface area (Å²) >= 11 is 0. The van der Waals surface area contributed by atoms with E-state index >= 15 is 0 Å². The van der Waals surface area contributed by atoms with Gasteiger partial charge in [-0.05, 0) is 0 Å².